The number of nitrogens with one attached hydrogen (secondary N) is 1. The number of aryl methyl sites for hydroxylation is 1. The molecule has 3 saturated heterocycles. The van der Waals surface area contributed by atoms with Crippen molar-refractivity contribution in [3.05, 3.63) is 89.7 Å². The van der Waals surface area contributed by atoms with Crippen molar-refractivity contribution in [1.29, 1.82) is 0 Å². The number of hydrogen-bond donors (Lipinski definition) is 2. The molecule has 1 atom stereocenters. The molecule has 2 aromatic carbocycles. The third-order valence-electron chi connectivity index (χ3n) is 7.50. The number of ether oxygens (including phenoxy) is 1. The van der Waals surface area contributed by atoms with Crippen LogP contribution in [0.4, 0.5) is 5.95 Å². The standard InChI is InChI=1S/C28H30N4O4.ClH/c1-20-12-15-29-27(30-20)31-25(33)19-32-16-13-21(14-17-32)24(18-32)36-26(34)28(35,22-8-4-2-5-9-22)23-10-6-3-7-11-23;/h2-12,15,21,24,35H,13-14,16-19H2,1H3;1H/t21?,24-,32?;/m0./s1. The molecule has 0 unspecified atom stereocenters. The van der Waals surface area contributed by atoms with Crippen LogP contribution in [0.2, 0.25) is 0 Å². The summed E-state index contributed by atoms with van der Waals surface area (Å²) in [5.41, 5.74) is -0.213. The van der Waals surface area contributed by atoms with Crippen molar-refractivity contribution in [2.75, 3.05) is 31.5 Å². The Balaban J connectivity index is 0.00000320. The average Bonchev–Trinajstić information content (AvgIpc) is 2.89. The fraction of sp³-hybridized carbons (Fsp3) is 0.357. The summed E-state index contributed by atoms with van der Waals surface area (Å²) in [7, 11) is 0. The topological polar surface area (TPSA) is 101 Å². The number of carbonyl (C=O) groups excluding carboxylic acids is 2. The van der Waals surface area contributed by atoms with E-state index < -0.39 is 11.6 Å². The first-order valence-electron chi connectivity index (χ1n) is 12.4. The highest BCUT2D eigenvalue weighted by Crippen LogP contribution is 2.38. The van der Waals surface area contributed by atoms with Gasteiger partial charge in [0.15, 0.2) is 12.6 Å². The quantitative estimate of drug-likeness (QED) is 0.330. The second-order valence-corrected chi connectivity index (χ2v) is 9.92. The Morgan fingerprint density at radius 3 is 2.19 bits per heavy atom. The monoisotopic (exact) mass is 522 g/mol. The van der Waals surface area contributed by atoms with Crippen molar-refractivity contribution < 1.29 is 36.3 Å². The maximum Gasteiger partial charge on any atom is 0.348 e. The predicted molar refractivity (Wildman–Crippen MR) is 134 cm³/mol. The van der Waals surface area contributed by atoms with E-state index >= 15 is 0 Å². The van der Waals surface area contributed by atoms with Crippen LogP contribution in [-0.4, -0.2) is 63.7 Å². The maximum atomic E-state index is 13.6. The molecule has 4 heterocycles. The predicted octanol–water partition coefficient (Wildman–Crippen LogP) is -0.184. The molecule has 3 fully saturated rings. The van der Waals surface area contributed by atoms with Gasteiger partial charge in [0.05, 0.1) is 13.1 Å². The van der Waals surface area contributed by atoms with Crippen LogP contribution in [-0.2, 0) is 19.9 Å². The Hall–Kier alpha value is -3.33. The van der Waals surface area contributed by atoms with E-state index in [9.17, 15) is 14.7 Å². The van der Waals surface area contributed by atoms with Crippen LogP contribution in [0.25, 0.3) is 0 Å². The lowest BCUT2D eigenvalue weighted by Gasteiger charge is -2.51. The molecule has 1 amide bonds. The van der Waals surface area contributed by atoms with Crippen molar-refractivity contribution in [3.63, 3.8) is 0 Å². The summed E-state index contributed by atoms with van der Waals surface area (Å²) >= 11 is 0. The lowest BCUT2D eigenvalue weighted by molar-refractivity contribution is -0.939. The molecule has 3 aliphatic rings. The van der Waals surface area contributed by atoms with Gasteiger partial charge >= 0.3 is 5.97 Å². The Kier molecular flexibility index (Phi) is 7.92. The molecular weight excluding hydrogens is 492 g/mol. The first kappa shape index (κ1) is 26.7. The number of quaternary nitrogens is 1. The van der Waals surface area contributed by atoms with Gasteiger partial charge in [-0.05, 0) is 24.1 Å². The van der Waals surface area contributed by atoms with Crippen LogP contribution in [0.1, 0.15) is 29.7 Å². The number of hydrogen-bond acceptors (Lipinski definition) is 6. The van der Waals surface area contributed by atoms with Gasteiger partial charge < -0.3 is 26.7 Å². The van der Waals surface area contributed by atoms with Gasteiger partial charge in [-0.1, -0.05) is 60.7 Å². The second kappa shape index (κ2) is 11.0. The summed E-state index contributed by atoms with van der Waals surface area (Å²) in [5, 5.41) is 14.6. The highest BCUT2D eigenvalue weighted by atomic mass is 35.5. The van der Waals surface area contributed by atoms with E-state index in [0.29, 0.717) is 28.1 Å². The lowest BCUT2D eigenvalue weighted by Crippen LogP contribution is -3.00. The molecule has 0 aliphatic carbocycles. The Morgan fingerprint density at radius 1 is 1.03 bits per heavy atom. The van der Waals surface area contributed by atoms with Gasteiger partial charge in [-0.2, -0.15) is 0 Å². The summed E-state index contributed by atoms with van der Waals surface area (Å²) in [6.07, 6.45) is 2.97. The number of piperidine rings is 3. The Bertz CT molecular complexity index is 1190. The molecule has 2 N–H and O–H groups in total. The number of aliphatic hydroxyl groups is 1. The summed E-state index contributed by atoms with van der Waals surface area (Å²) < 4.78 is 6.62. The minimum atomic E-state index is -1.92. The van der Waals surface area contributed by atoms with E-state index in [0.717, 1.165) is 31.6 Å². The molecular formula is C28H31ClN4O4. The van der Waals surface area contributed by atoms with E-state index in [1.54, 1.807) is 60.8 Å². The molecule has 6 rings (SSSR count). The molecule has 0 saturated carbocycles. The second-order valence-electron chi connectivity index (χ2n) is 9.92. The number of anilines is 1. The van der Waals surface area contributed by atoms with E-state index in [-0.39, 0.29) is 36.9 Å². The highest BCUT2D eigenvalue weighted by molar-refractivity contribution is 5.90. The van der Waals surface area contributed by atoms with Crippen LogP contribution < -0.4 is 17.7 Å². The van der Waals surface area contributed by atoms with Crippen LogP contribution in [0.5, 0.6) is 0 Å². The van der Waals surface area contributed by atoms with E-state index in [4.69, 9.17) is 4.74 Å². The normalized spacial score (nSPS) is 22.5. The Morgan fingerprint density at radius 2 is 1.62 bits per heavy atom. The van der Waals surface area contributed by atoms with E-state index in [1.807, 2.05) is 19.1 Å². The number of halogens is 1. The van der Waals surface area contributed by atoms with Crippen molar-refractivity contribution in [3.8, 4) is 0 Å². The first-order chi connectivity index (χ1) is 17.4. The summed E-state index contributed by atoms with van der Waals surface area (Å²) in [5.74, 6) is -0.331. The fourth-order valence-corrected chi connectivity index (χ4v) is 5.54. The number of fused-ring (bicyclic) bond motifs is 3. The molecule has 3 aliphatic heterocycles. The van der Waals surface area contributed by atoms with Gasteiger partial charge in [-0.3, -0.25) is 10.1 Å². The summed E-state index contributed by atoms with van der Waals surface area (Å²) in [4.78, 5) is 34.9. The SMILES string of the molecule is Cc1ccnc(NC(=O)C[N+]23CCC(CC2)[C@@H](OC(=O)C(O)(c2ccccc2)c2ccccc2)C3)n1.[Cl-]. The third kappa shape index (κ3) is 5.51. The van der Waals surface area contributed by atoms with Gasteiger partial charge in [0, 0.05) is 30.7 Å². The molecule has 0 radical (unpaired) electrons. The highest BCUT2D eigenvalue weighted by Gasteiger charge is 2.51. The van der Waals surface area contributed by atoms with Crippen molar-refractivity contribution in [2.45, 2.75) is 31.5 Å². The molecule has 9 heteroatoms. The molecule has 37 heavy (non-hydrogen) atoms. The zero-order chi connectivity index (χ0) is 25.2. The van der Waals surface area contributed by atoms with Crippen LogP contribution in [0.3, 0.4) is 0 Å². The van der Waals surface area contributed by atoms with Crippen LogP contribution >= 0.6 is 0 Å². The molecule has 2 bridgehead atoms. The molecule has 1 aromatic heterocycles. The number of amides is 1. The third-order valence-corrected chi connectivity index (χ3v) is 7.50. The van der Waals surface area contributed by atoms with Gasteiger partial charge in [-0.25, -0.2) is 14.8 Å². The van der Waals surface area contributed by atoms with Gasteiger partial charge in [0.2, 0.25) is 11.5 Å². The minimum Gasteiger partial charge on any atom is -1.00 e. The number of carbonyl (C=O) groups is 2. The van der Waals surface area contributed by atoms with E-state index in [1.165, 1.54) is 0 Å². The Labute approximate surface area is 222 Å². The largest absolute Gasteiger partial charge is 1.00 e. The van der Waals surface area contributed by atoms with Crippen molar-refractivity contribution in [2.24, 2.45) is 5.92 Å². The number of aromatic nitrogens is 2. The van der Waals surface area contributed by atoms with Crippen LogP contribution in [0.15, 0.2) is 72.9 Å². The lowest BCUT2D eigenvalue weighted by atomic mass is 9.82. The number of esters is 1. The van der Waals surface area contributed by atoms with Crippen molar-refractivity contribution in [1.82, 2.24) is 9.97 Å². The molecule has 3 aromatic rings. The van der Waals surface area contributed by atoms with E-state index in [2.05, 4.69) is 15.3 Å². The maximum absolute atomic E-state index is 13.6. The first-order valence-corrected chi connectivity index (χ1v) is 12.4. The zero-order valence-corrected chi connectivity index (χ0v) is 21.5. The van der Waals surface area contributed by atoms with Gasteiger partial charge in [0.1, 0.15) is 6.54 Å². The van der Waals surface area contributed by atoms with Crippen LogP contribution in [0, 0.1) is 12.8 Å². The summed E-state index contributed by atoms with van der Waals surface area (Å²) in [6.45, 7) is 4.35. The fourth-order valence-electron chi connectivity index (χ4n) is 5.54. The smallest absolute Gasteiger partial charge is 0.348 e. The van der Waals surface area contributed by atoms with Crippen molar-refractivity contribution >= 4 is 17.8 Å². The average molecular weight is 523 g/mol. The number of nitrogens with zero attached hydrogens (tertiary/aromatic N) is 3. The molecule has 194 valence electrons. The van der Waals surface area contributed by atoms with Gasteiger partial charge in [-0.15, -0.1) is 0 Å². The minimum absolute atomic E-state index is 0. The molecule has 0 spiro atoms. The number of rotatable bonds is 7. The zero-order valence-electron chi connectivity index (χ0n) is 20.7. The summed E-state index contributed by atoms with van der Waals surface area (Å²) in [6, 6.07) is 19.6. The molecule has 8 nitrogen and oxygen atoms in total. The van der Waals surface area contributed by atoms with Gasteiger partial charge in [0.25, 0.3) is 5.91 Å². The number of benzene rings is 2.